The first-order chi connectivity index (χ1) is 7.95. The largest absolute Gasteiger partial charge is 0.466 e. The average Bonchev–Trinajstić information content (AvgIpc) is 2.22. The van der Waals surface area contributed by atoms with Crippen LogP contribution >= 0.6 is 34.2 Å². The summed E-state index contributed by atoms with van der Waals surface area (Å²) < 4.78 is 30.4. The topological polar surface area (TPSA) is 39.2 Å². The van der Waals surface area contributed by atoms with Crippen LogP contribution in [-0.2, 0) is 16.0 Å². The van der Waals surface area contributed by atoms with Crippen LogP contribution < -0.4 is 0 Å². The van der Waals surface area contributed by atoms with Gasteiger partial charge in [-0.3, -0.25) is 4.79 Å². The van der Waals surface area contributed by atoms with Crippen LogP contribution in [0.1, 0.15) is 24.6 Å². The Morgan fingerprint density at radius 3 is 2.82 bits per heavy atom. The average molecular weight is 376 g/mol. The molecule has 0 saturated heterocycles. The SMILES string of the molecule is CCOC(=O)Cc1nc(I)cc(C(F)F)c1Cl. The molecule has 1 heterocycles. The predicted molar refractivity (Wildman–Crippen MR) is 67.3 cm³/mol. The maximum absolute atomic E-state index is 12.6. The number of esters is 1. The van der Waals surface area contributed by atoms with Gasteiger partial charge in [-0.25, -0.2) is 13.8 Å². The molecule has 0 spiro atoms. The van der Waals surface area contributed by atoms with Gasteiger partial charge in [-0.1, -0.05) is 11.6 Å². The molecule has 0 amide bonds. The van der Waals surface area contributed by atoms with Crippen LogP contribution in [0.3, 0.4) is 0 Å². The lowest BCUT2D eigenvalue weighted by Crippen LogP contribution is -2.10. The highest BCUT2D eigenvalue weighted by molar-refractivity contribution is 14.1. The molecule has 17 heavy (non-hydrogen) atoms. The Morgan fingerprint density at radius 2 is 2.29 bits per heavy atom. The minimum Gasteiger partial charge on any atom is -0.466 e. The molecule has 0 aliphatic rings. The number of aromatic nitrogens is 1. The lowest BCUT2D eigenvalue weighted by atomic mass is 10.2. The Morgan fingerprint density at radius 1 is 1.65 bits per heavy atom. The number of nitrogens with zero attached hydrogens (tertiary/aromatic N) is 1. The molecule has 0 aliphatic carbocycles. The number of alkyl halides is 2. The van der Waals surface area contributed by atoms with E-state index in [0.29, 0.717) is 3.70 Å². The predicted octanol–water partition coefficient (Wildman–Crippen LogP) is 3.38. The van der Waals surface area contributed by atoms with Crippen molar-refractivity contribution in [2.75, 3.05) is 6.61 Å². The Hall–Kier alpha value is -0.500. The van der Waals surface area contributed by atoms with Crippen molar-refractivity contribution in [3.05, 3.63) is 26.0 Å². The van der Waals surface area contributed by atoms with E-state index in [9.17, 15) is 13.6 Å². The van der Waals surface area contributed by atoms with E-state index in [0.717, 1.165) is 0 Å². The summed E-state index contributed by atoms with van der Waals surface area (Å²) >= 11 is 7.56. The van der Waals surface area contributed by atoms with E-state index in [1.54, 1.807) is 29.5 Å². The van der Waals surface area contributed by atoms with Gasteiger partial charge in [0, 0.05) is 5.56 Å². The lowest BCUT2D eigenvalue weighted by Gasteiger charge is -2.09. The fraction of sp³-hybridized carbons (Fsp3) is 0.400. The Bertz CT molecular complexity index is 429. The van der Waals surface area contributed by atoms with Crippen molar-refractivity contribution >= 4 is 40.2 Å². The van der Waals surface area contributed by atoms with E-state index >= 15 is 0 Å². The van der Waals surface area contributed by atoms with Gasteiger partial charge >= 0.3 is 5.97 Å². The maximum atomic E-state index is 12.6. The fourth-order valence-electron chi connectivity index (χ4n) is 1.19. The standard InChI is InChI=1S/C10H9ClF2INO2/c1-2-17-8(16)4-6-9(11)5(10(12)13)3-7(14)15-6/h3,10H,2,4H2,1H3. The maximum Gasteiger partial charge on any atom is 0.311 e. The van der Waals surface area contributed by atoms with Crippen LogP contribution in [-0.4, -0.2) is 17.6 Å². The molecule has 1 aromatic rings. The number of hydrogen-bond acceptors (Lipinski definition) is 3. The molecule has 0 bridgehead atoms. The summed E-state index contributed by atoms with van der Waals surface area (Å²) in [5, 5.41) is -0.173. The third-order valence-corrected chi connectivity index (χ3v) is 2.86. The van der Waals surface area contributed by atoms with E-state index in [-0.39, 0.29) is 29.3 Å². The highest BCUT2D eigenvalue weighted by Gasteiger charge is 2.19. The van der Waals surface area contributed by atoms with E-state index < -0.39 is 12.4 Å². The molecule has 7 heteroatoms. The molecule has 1 aromatic heterocycles. The Balaban J connectivity index is 3.03. The van der Waals surface area contributed by atoms with Crippen LogP contribution in [0, 0.1) is 3.70 Å². The zero-order chi connectivity index (χ0) is 13.0. The monoisotopic (exact) mass is 375 g/mol. The zero-order valence-corrected chi connectivity index (χ0v) is 11.8. The molecular weight excluding hydrogens is 366 g/mol. The second kappa shape index (κ2) is 6.44. The summed E-state index contributed by atoms with van der Waals surface area (Å²) in [7, 11) is 0. The third kappa shape index (κ3) is 4.02. The third-order valence-electron chi connectivity index (χ3n) is 1.88. The molecule has 3 nitrogen and oxygen atoms in total. The van der Waals surface area contributed by atoms with Crippen molar-refractivity contribution in [3.8, 4) is 0 Å². The number of carbonyl (C=O) groups is 1. The molecule has 0 radical (unpaired) electrons. The molecule has 0 N–H and O–H groups in total. The number of halogens is 4. The Kier molecular flexibility index (Phi) is 5.51. The number of rotatable bonds is 4. The van der Waals surface area contributed by atoms with Crippen LogP contribution in [0.25, 0.3) is 0 Å². The first-order valence-corrected chi connectivity index (χ1v) is 6.20. The van der Waals surface area contributed by atoms with Crippen molar-refractivity contribution < 1.29 is 18.3 Å². The molecular formula is C10H9ClF2INO2. The van der Waals surface area contributed by atoms with Gasteiger partial charge in [0.1, 0.15) is 3.70 Å². The first kappa shape index (κ1) is 14.6. The molecule has 94 valence electrons. The van der Waals surface area contributed by atoms with Gasteiger partial charge in [0.15, 0.2) is 0 Å². The Labute approximate surface area is 116 Å². The van der Waals surface area contributed by atoms with Gasteiger partial charge in [-0.15, -0.1) is 0 Å². The number of hydrogen-bond donors (Lipinski definition) is 0. The number of ether oxygens (including phenoxy) is 1. The van der Waals surface area contributed by atoms with E-state index in [1.165, 1.54) is 6.07 Å². The smallest absolute Gasteiger partial charge is 0.311 e. The van der Waals surface area contributed by atoms with E-state index in [4.69, 9.17) is 16.3 Å². The highest BCUT2D eigenvalue weighted by atomic mass is 127. The zero-order valence-electron chi connectivity index (χ0n) is 8.84. The molecule has 0 unspecified atom stereocenters. The summed E-state index contributed by atoms with van der Waals surface area (Å²) in [5.41, 5.74) is -0.197. The van der Waals surface area contributed by atoms with Gasteiger partial charge < -0.3 is 4.74 Å². The van der Waals surface area contributed by atoms with Crippen molar-refractivity contribution in [3.63, 3.8) is 0 Å². The summed E-state index contributed by atoms with van der Waals surface area (Å²) in [6.07, 6.45) is -2.90. The summed E-state index contributed by atoms with van der Waals surface area (Å²) in [6, 6.07) is 1.20. The van der Waals surface area contributed by atoms with Crippen LogP contribution in [0.4, 0.5) is 8.78 Å². The quantitative estimate of drug-likeness (QED) is 0.460. The van der Waals surface area contributed by atoms with Gasteiger partial charge in [0.2, 0.25) is 0 Å². The van der Waals surface area contributed by atoms with Crippen LogP contribution in [0.5, 0.6) is 0 Å². The molecule has 1 rings (SSSR count). The molecule has 0 aromatic carbocycles. The molecule has 0 atom stereocenters. The number of pyridine rings is 1. The first-order valence-electron chi connectivity index (χ1n) is 4.74. The fourth-order valence-corrected chi connectivity index (χ4v) is 2.07. The second-order valence-electron chi connectivity index (χ2n) is 3.08. The molecule has 0 saturated carbocycles. The van der Waals surface area contributed by atoms with Gasteiger partial charge in [-0.05, 0) is 35.6 Å². The summed E-state index contributed by atoms with van der Waals surface area (Å²) in [5.74, 6) is -0.538. The van der Waals surface area contributed by atoms with E-state index in [1.807, 2.05) is 0 Å². The normalized spacial score (nSPS) is 10.7. The van der Waals surface area contributed by atoms with Crippen molar-refractivity contribution in [2.45, 2.75) is 19.8 Å². The second-order valence-corrected chi connectivity index (χ2v) is 4.56. The number of carbonyl (C=O) groups excluding carboxylic acids is 1. The minimum absolute atomic E-state index is 0.118. The minimum atomic E-state index is -2.69. The van der Waals surface area contributed by atoms with Gasteiger partial charge in [-0.2, -0.15) is 0 Å². The molecule has 0 fully saturated rings. The lowest BCUT2D eigenvalue weighted by molar-refractivity contribution is -0.142. The van der Waals surface area contributed by atoms with Gasteiger partial charge in [0.05, 0.1) is 23.7 Å². The van der Waals surface area contributed by atoms with E-state index in [2.05, 4.69) is 4.98 Å². The highest BCUT2D eigenvalue weighted by Crippen LogP contribution is 2.30. The summed E-state index contributed by atoms with van der Waals surface area (Å²) in [6.45, 7) is 1.88. The van der Waals surface area contributed by atoms with Crippen LogP contribution in [0.15, 0.2) is 6.07 Å². The van der Waals surface area contributed by atoms with Crippen molar-refractivity contribution in [2.24, 2.45) is 0 Å². The van der Waals surface area contributed by atoms with Crippen molar-refractivity contribution in [1.29, 1.82) is 0 Å². The van der Waals surface area contributed by atoms with Gasteiger partial charge in [0.25, 0.3) is 6.43 Å². The summed E-state index contributed by atoms with van der Waals surface area (Å²) in [4.78, 5) is 15.2. The van der Waals surface area contributed by atoms with Crippen molar-refractivity contribution in [1.82, 2.24) is 4.98 Å². The van der Waals surface area contributed by atoms with Crippen LogP contribution in [0.2, 0.25) is 5.02 Å². The molecule has 0 aliphatic heterocycles.